The van der Waals surface area contributed by atoms with Crippen LogP contribution in [-0.4, -0.2) is 18.7 Å². The summed E-state index contributed by atoms with van der Waals surface area (Å²) >= 11 is 0. The summed E-state index contributed by atoms with van der Waals surface area (Å²) in [5, 5.41) is 21.2. The highest BCUT2D eigenvalue weighted by atomic mass is 31.2. The molecule has 5 heteroatoms. The molecule has 142 valence electrons. The zero-order valence-electron chi connectivity index (χ0n) is 15.8. The van der Waals surface area contributed by atoms with Gasteiger partial charge in [-0.15, -0.1) is 0 Å². The first-order valence-electron chi connectivity index (χ1n) is 9.14. The van der Waals surface area contributed by atoms with E-state index in [1.165, 1.54) is 0 Å². The molecule has 28 heavy (non-hydrogen) atoms. The van der Waals surface area contributed by atoms with Crippen LogP contribution >= 0.6 is 7.14 Å². The molecule has 4 nitrogen and oxygen atoms in total. The Morgan fingerprint density at radius 1 is 0.929 bits per heavy atom. The molecule has 3 aromatic rings. The lowest BCUT2D eigenvalue weighted by Gasteiger charge is -2.26. The number of hydrogen-bond acceptors (Lipinski definition) is 4. The smallest absolute Gasteiger partial charge is 0.174 e. The molecule has 0 radical (unpaired) electrons. The Balaban J connectivity index is 1.98. The maximum atomic E-state index is 14.2. The van der Waals surface area contributed by atoms with Crippen LogP contribution in [0.5, 0.6) is 0 Å². The highest BCUT2D eigenvalue weighted by Gasteiger charge is 2.36. The van der Waals surface area contributed by atoms with Crippen LogP contribution in [0.3, 0.4) is 0 Å². The highest BCUT2D eigenvalue weighted by molar-refractivity contribution is 7.78. The second-order valence-electron chi connectivity index (χ2n) is 6.62. The van der Waals surface area contributed by atoms with E-state index in [1.54, 1.807) is 36.4 Å². The summed E-state index contributed by atoms with van der Waals surface area (Å²) in [5.41, 5.74) is 1.55. The van der Waals surface area contributed by atoms with Crippen LogP contribution in [0.2, 0.25) is 0 Å². The lowest BCUT2D eigenvalue weighted by Crippen LogP contribution is -2.21. The van der Waals surface area contributed by atoms with Gasteiger partial charge >= 0.3 is 0 Å². The van der Waals surface area contributed by atoms with E-state index >= 15 is 0 Å². The quantitative estimate of drug-likeness (QED) is 0.619. The lowest BCUT2D eigenvalue weighted by atomic mass is 10.2. The maximum absolute atomic E-state index is 14.2. The largest absolute Gasteiger partial charge is 0.380 e. The van der Waals surface area contributed by atoms with Crippen molar-refractivity contribution in [2.75, 3.05) is 18.5 Å². The fourth-order valence-corrected chi connectivity index (χ4v) is 5.87. The summed E-state index contributed by atoms with van der Waals surface area (Å²) in [6.07, 6.45) is 0.443. The van der Waals surface area contributed by atoms with Crippen molar-refractivity contribution in [1.82, 2.24) is 0 Å². The third-order valence-corrected chi connectivity index (χ3v) is 7.93. The molecule has 1 N–H and O–H groups in total. The van der Waals surface area contributed by atoms with Crippen LogP contribution in [-0.2, 0) is 4.57 Å². The molecule has 0 heterocycles. The highest BCUT2D eigenvalue weighted by Crippen LogP contribution is 2.55. The zero-order valence-corrected chi connectivity index (χ0v) is 16.7. The summed E-state index contributed by atoms with van der Waals surface area (Å²) in [6.45, 7) is 0.630. The zero-order chi connectivity index (χ0) is 20.0. The van der Waals surface area contributed by atoms with Gasteiger partial charge in [-0.05, 0) is 17.7 Å². The van der Waals surface area contributed by atoms with Crippen molar-refractivity contribution < 1.29 is 9.67 Å². The standard InChI is InChI=1S/C23H23N2O2P/c1-25(18-8-17-24)20-15-13-19(14-16-20)23(26)28(27,21-9-4-2-5-10-21)22-11-6-3-7-12-22/h2-7,9-16,23,26H,8,18H2,1H3. The molecular formula is C23H23N2O2P. The van der Waals surface area contributed by atoms with Crippen molar-refractivity contribution in [1.29, 1.82) is 5.26 Å². The molecule has 1 unspecified atom stereocenters. The van der Waals surface area contributed by atoms with Gasteiger partial charge in [-0.2, -0.15) is 5.26 Å². The van der Waals surface area contributed by atoms with Crippen molar-refractivity contribution in [2.24, 2.45) is 0 Å². The average molecular weight is 390 g/mol. The molecule has 0 spiro atoms. The number of nitriles is 1. The van der Waals surface area contributed by atoms with E-state index in [1.807, 2.05) is 60.5 Å². The SMILES string of the molecule is CN(CCC#N)c1ccc(C(O)P(=O)(c2ccccc2)c2ccccc2)cc1. The van der Waals surface area contributed by atoms with Gasteiger partial charge in [0.25, 0.3) is 0 Å². The van der Waals surface area contributed by atoms with E-state index < -0.39 is 13.0 Å². The Morgan fingerprint density at radius 2 is 1.43 bits per heavy atom. The van der Waals surface area contributed by atoms with Crippen molar-refractivity contribution in [3.05, 3.63) is 90.5 Å². The number of benzene rings is 3. The first kappa shape index (κ1) is 19.9. The lowest BCUT2D eigenvalue weighted by molar-refractivity contribution is 0.257. The van der Waals surface area contributed by atoms with Gasteiger partial charge in [0, 0.05) is 29.9 Å². The first-order valence-corrected chi connectivity index (χ1v) is 10.9. The topological polar surface area (TPSA) is 64.3 Å². The van der Waals surface area contributed by atoms with Gasteiger partial charge in [-0.1, -0.05) is 72.8 Å². The van der Waals surface area contributed by atoms with Crippen LogP contribution < -0.4 is 15.5 Å². The van der Waals surface area contributed by atoms with Gasteiger partial charge in [-0.3, -0.25) is 0 Å². The van der Waals surface area contributed by atoms with E-state index in [4.69, 9.17) is 5.26 Å². The molecule has 0 saturated carbocycles. The van der Waals surface area contributed by atoms with E-state index in [9.17, 15) is 9.67 Å². The minimum Gasteiger partial charge on any atom is -0.380 e. The monoisotopic (exact) mass is 390 g/mol. The number of anilines is 1. The second-order valence-corrected chi connectivity index (χ2v) is 9.46. The molecule has 3 aromatic carbocycles. The van der Waals surface area contributed by atoms with Gasteiger partial charge < -0.3 is 14.6 Å². The normalized spacial score (nSPS) is 12.2. The Hall–Kier alpha value is -2.86. The predicted molar refractivity (Wildman–Crippen MR) is 115 cm³/mol. The third-order valence-electron chi connectivity index (χ3n) is 4.81. The molecule has 0 aliphatic rings. The van der Waals surface area contributed by atoms with Crippen molar-refractivity contribution in [3.63, 3.8) is 0 Å². The Labute approximate surface area is 166 Å². The van der Waals surface area contributed by atoms with Crippen LogP contribution in [0.4, 0.5) is 5.69 Å². The van der Waals surface area contributed by atoms with Crippen molar-refractivity contribution in [3.8, 4) is 6.07 Å². The van der Waals surface area contributed by atoms with E-state index in [0.29, 0.717) is 29.1 Å². The van der Waals surface area contributed by atoms with Crippen molar-refractivity contribution >= 4 is 23.4 Å². The molecule has 0 aromatic heterocycles. The minimum absolute atomic E-state index is 0.443. The summed E-state index contributed by atoms with van der Waals surface area (Å²) in [5.74, 6) is -1.14. The summed E-state index contributed by atoms with van der Waals surface area (Å²) in [6, 6.07) is 27.8. The van der Waals surface area contributed by atoms with Gasteiger partial charge in [0.2, 0.25) is 0 Å². The Morgan fingerprint density at radius 3 is 1.89 bits per heavy atom. The molecule has 0 fully saturated rings. The van der Waals surface area contributed by atoms with Crippen LogP contribution in [0.25, 0.3) is 0 Å². The van der Waals surface area contributed by atoms with Gasteiger partial charge in [0.05, 0.1) is 12.5 Å². The Bertz CT molecular complexity index is 939. The number of nitrogens with zero attached hydrogens (tertiary/aromatic N) is 2. The van der Waals surface area contributed by atoms with Crippen LogP contribution in [0.1, 0.15) is 17.8 Å². The van der Waals surface area contributed by atoms with Crippen LogP contribution in [0, 0.1) is 11.3 Å². The molecule has 1 atom stereocenters. The maximum Gasteiger partial charge on any atom is 0.174 e. The number of aliphatic hydroxyl groups excluding tert-OH is 1. The van der Waals surface area contributed by atoms with E-state index in [2.05, 4.69) is 6.07 Å². The van der Waals surface area contributed by atoms with Crippen LogP contribution in [0.15, 0.2) is 84.9 Å². The molecule has 0 aliphatic carbocycles. The summed E-state index contributed by atoms with van der Waals surface area (Å²) in [4.78, 5) is 1.98. The molecule has 0 amide bonds. The fraction of sp³-hybridized carbons (Fsp3) is 0.174. The second kappa shape index (κ2) is 8.89. The number of rotatable bonds is 7. The van der Waals surface area contributed by atoms with Crippen molar-refractivity contribution in [2.45, 2.75) is 12.3 Å². The fourth-order valence-electron chi connectivity index (χ4n) is 3.19. The Kier molecular flexibility index (Phi) is 6.31. The first-order chi connectivity index (χ1) is 13.6. The molecule has 0 aliphatic heterocycles. The summed E-state index contributed by atoms with van der Waals surface area (Å²) in [7, 11) is -1.38. The van der Waals surface area contributed by atoms with Gasteiger partial charge in [0.15, 0.2) is 7.14 Å². The van der Waals surface area contributed by atoms with E-state index in [0.717, 1.165) is 5.69 Å². The predicted octanol–water partition coefficient (Wildman–Crippen LogP) is 4.04. The number of aliphatic hydroxyl groups is 1. The third kappa shape index (κ3) is 4.02. The molecule has 0 bridgehead atoms. The van der Waals surface area contributed by atoms with E-state index in [-0.39, 0.29) is 0 Å². The molecule has 3 rings (SSSR count). The number of hydrogen-bond donors (Lipinski definition) is 1. The summed E-state index contributed by atoms with van der Waals surface area (Å²) < 4.78 is 14.2. The van der Waals surface area contributed by atoms with Gasteiger partial charge in [-0.25, -0.2) is 0 Å². The average Bonchev–Trinajstić information content (AvgIpc) is 2.77. The molecule has 0 saturated heterocycles. The van der Waals surface area contributed by atoms with Gasteiger partial charge in [0.1, 0.15) is 5.85 Å². The molecular weight excluding hydrogens is 367 g/mol. The minimum atomic E-state index is -3.29.